The summed E-state index contributed by atoms with van der Waals surface area (Å²) in [6.45, 7) is 2.27. The maximum Gasteiger partial charge on any atom is 0.265 e. The molecule has 0 bridgehead atoms. The van der Waals surface area contributed by atoms with Gasteiger partial charge in [0.05, 0.1) is 5.69 Å². The third-order valence-electron chi connectivity index (χ3n) is 2.54. The van der Waals surface area contributed by atoms with E-state index >= 15 is 0 Å². The number of nitrogens with one attached hydrogen (secondary N) is 1. The molecule has 18 heavy (non-hydrogen) atoms. The molecule has 1 aliphatic rings. The Morgan fingerprint density at radius 3 is 3.06 bits per heavy atom. The monoisotopic (exact) mass is 268 g/mol. The molecule has 0 aliphatic carbocycles. The minimum Gasteiger partial charge on any atom is -0.482 e. The predicted molar refractivity (Wildman–Crippen MR) is 68.0 cm³/mol. The van der Waals surface area contributed by atoms with Crippen molar-refractivity contribution in [3.63, 3.8) is 0 Å². The van der Waals surface area contributed by atoms with E-state index in [0.29, 0.717) is 23.0 Å². The van der Waals surface area contributed by atoms with Gasteiger partial charge in [-0.1, -0.05) is 11.6 Å². The van der Waals surface area contributed by atoms with Crippen LogP contribution in [0.15, 0.2) is 18.2 Å². The Balaban J connectivity index is 2.25. The van der Waals surface area contributed by atoms with Crippen molar-refractivity contribution in [1.82, 2.24) is 5.32 Å². The molecule has 1 aromatic rings. The molecule has 2 amide bonds. The number of likely N-dealkylation sites (N-methyl/N-ethyl adjacent to an activating group) is 1. The highest BCUT2D eigenvalue weighted by molar-refractivity contribution is 6.30. The van der Waals surface area contributed by atoms with Crippen molar-refractivity contribution in [2.75, 3.05) is 24.6 Å². The fourth-order valence-corrected chi connectivity index (χ4v) is 1.91. The molecule has 0 fully saturated rings. The molecule has 0 saturated heterocycles. The van der Waals surface area contributed by atoms with Crippen LogP contribution in [0, 0.1) is 0 Å². The fourth-order valence-electron chi connectivity index (χ4n) is 1.75. The summed E-state index contributed by atoms with van der Waals surface area (Å²) in [6, 6.07) is 4.97. The van der Waals surface area contributed by atoms with Gasteiger partial charge in [0, 0.05) is 17.6 Å². The van der Waals surface area contributed by atoms with Crippen LogP contribution in [0.4, 0.5) is 5.69 Å². The molecule has 0 spiro atoms. The smallest absolute Gasteiger partial charge is 0.265 e. The molecule has 96 valence electrons. The van der Waals surface area contributed by atoms with E-state index in [1.165, 1.54) is 4.90 Å². The first kappa shape index (κ1) is 12.7. The number of carbonyl (C=O) groups is 2. The van der Waals surface area contributed by atoms with Crippen molar-refractivity contribution < 1.29 is 14.3 Å². The summed E-state index contributed by atoms with van der Waals surface area (Å²) >= 11 is 5.85. The predicted octanol–water partition coefficient (Wildman–Crippen LogP) is 1.20. The SMILES string of the molecule is CCNC(=O)CN1C(=O)COc2cc(Cl)ccc21. The maximum absolute atomic E-state index is 11.8. The Hall–Kier alpha value is -1.75. The number of rotatable bonds is 3. The highest BCUT2D eigenvalue weighted by atomic mass is 35.5. The Kier molecular flexibility index (Phi) is 3.72. The van der Waals surface area contributed by atoms with Crippen LogP contribution in [0.1, 0.15) is 6.92 Å². The first-order valence-electron chi connectivity index (χ1n) is 5.61. The number of hydrogen-bond acceptors (Lipinski definition) is 3. The average molecular weight is 269 g/mol. The van der Waals surface area contributed by atoms with Crippen molar-refractivity contribution in [3.8, 4) is 5.75 Å². The highest BCUT2D eigenvalue weighted by Gasteiger charge is 2.27. The lowest BCUT2D eigenvalue weighted by Gasteiger charge is -2.28. The lowest BCUT2D eigenvalue weighted by molar-refractivity contribution is -0.125. The van der Waals surface area contributed by atoms with Gasteiger partial charge in [0.2, 0.25) is 5.91 Å². The van der Waals surface area contributed by atoms with E-state index in [1.54, 1.807) is 18.2 Å². The second-order valence-electron chi connectivity index (χ2n) is 3.83. The molecule has 2 rings (SSSR count). The zero-order valence-electron chi connectivity index (χ0n) is 9.90. The van der Waals surface area contributed by atoms with Gasteiger partial charge in [-0.25, -0.2) is 0 Å². The van der Waals surface area contributed by atoms with E-state index < -0.39 is 0 Å². The largest absolute Gasteiger partial charge is 0.482 e. The summed E-state index contributed by atoms with van der Waals surface area (Å²) in [5, 5.41) is 3.18. The van der Waals surface area contributed by atoms with Gasteiger partial charge in [0.15, 0.2) is 6.61 Å². The summed E-state index contributed by atoms with van der Waals surface area (Å²) in [4.78, 5) is 24.7. The van der Waals surface area contributed by atoms with Crippen LogP contribution in [0.2, 0.25) is 5.02 Å². The maximum atomic E-state index is 11.8. The second-order valence-corrected chi connectivity index (χ2v) is 4.27. The third kappa shape index (κ3) is 2.56. The summed E-state index contributed by atoms with van der Waals surface area (Å²) in [7, 11) is 0. The van der Waals surface area contributed by atoms with E-state index in [2.05, 4.69) is 5.32 Å². The first-order chi connectivity index (χ1) is 8.61. The Bertz CT molecular complexity index is 490. The van der Waals surface area contributed by atoms with Crippen molar-refractivity contribution in [1.29, 1.82) is 0 Å². The van der Waals surface area contributed by atoms with Crippen LogP contribution in [-0.4, -0.2) is 31.5 Å². The Morgan fingerprint density at radius 1 is 1.56 bits per heavy atom. The molecule has 0 saturated carbocycles. The number of nitrogens with zero attached hydrogens (tertiary/aromatic N) is 1. The van der Waals surface area contributed by atoms with E-state index in [9.17, 15) is 9.59 Å². The summed E-state index contributed by atoms with van der Waals surface area (Å²) in [5.41, 5.74) is 0.571. The van der Waals surface area contributed by atoms with E-state index in [-0.39, 0.29) is 25.0 Å². The molecule has 0 unspecified atom stereocenters. The van der Waals surface area contributed by atoms with Crippen LogP contribution >= 0.6 is 11.6 Å². The van der Waals surface area contributed by atoms with Gasteiger partial charge in [0.25, 0.3) is 5.91 Å². The minimum absolute atomic E-state index is 0.00926. The van der Waals surface area contributed by atoms with Crippen molar-refractivity contribution in [2.24, 2.45) is 0 Å². The molecule has 0 atom stereocenters. The molecular formula is C12H13ClN2O3. The molecular weight excluding hydrogens is 256 g/mol. The van der Waals surface area contributed by atoms with Crippen LogP contribution in [0.3, 0.4) is 0 Å². The molecule has 0 aromatic heterocycles. The van der Waals surface area contributed by atoms with Gasteiger partial charge in [-0.2, -0.15) is 0 Å². The van der Waals surface area contributed by atoms with Crippen LogP contribution in [0.5, 0.6) is 5.75 Å². The number of ether oxygens (including phenoxy) is 1. The molecule has 1 aliphatic heterocycles. The summed E-state index contributed by atoms with van der Waals surface area (Å²) in [6.07, 6.45) is 0. The fraction of sp³-hybridized carbons (Fsp3) is 0.333. The number of halogens is 1. The van der Waals surface area contributed by atoms with E-state index in [0.717, 1.165) is 0 Å². The van der Waals surface area contributed by atoms with Crippen LogP contribution in [-0.2, 0) is 9.59 Å². The van der Waals surface area contributed by atoms with Gasteiger partial charge in [-0.05, 0) is 19.1 Å². The Labute approximate surface area is 110 Å². The van der Waals surface area contributed by atoms with Gasteiger partial charge < -0.3 is 10.1 Å². The van der Waals surface area contributed by atoms with Crippen molar-refractivity contribution in [2.45, 2.75) is 6.92 Å². The Morgan fingerprint density at radius 2 is 2.33 bits per heavy atom. The number of amides is 2. The summed E-state index contributed by atoms with van der Waals surface area (Å²) in [5.74, 6) is 0.0797. The number of anilines is 1. The number of hydrogen-bond donors (Lipinski definition) is 1. The van der Waals surface area contributed by atoms with Crippen molar-refractivity contribution in [3.05, 3.63) is 23.2 Å². The topological polar surface area (TPSA) is 58.6 Å². The molecule has 1 N–H and O–H groups in total. The number of benzene rings is 1. The molecule has 5 nitrogen and oxygen atoms in total. The highest BCUT2D eigenvalue weighted by Crippen LogP contribution is 2.34. The zero-order chi connectivity index (χ0) is 13.1. The van der Waals surface area contributed by atoms with Gasteiger partial charge in [-0.3, -0.25) is 14.5 Å². The molecule has 1 heterocycles. The summed E-state index contributed by atoms with van der Waals surface area (Å²) < 4.78 is 5.28. The third-order valence-corrected chi connectivity index (χ3v) is 2.78. The zero-order valence-corrected chi connectivity index (χ0v) is 10.7. The van der Waals surface area contributed by atoms with E-state index in [1.807, 2.05) is 6.92 Å². The lowest BCUT2D eigenvalue weighted by Crippen LogP contribution is -2.45. The van der Waals surface area contributed by atoms with Gasteiger partial charge >= 0.3 is 0 Å². The van der Waals surface area contributed by atoms with Crippen LogP contribution < -0.4 is 15.0 Å². The lowest BCUT2D eigenvalue weighted by atomic mass is 10.2. The second kappa shape index (κ2) is 5.27. The minimum atomic E-state index is -0.240. The van der Waals surface area contributed by atoms with Gasteiger partial charge in [0.1, 0.15) is 12.3 Å². The first-order valence-corrected chi connectivity index (χ1v) is 5.99. The standard InChI is InChI=1S/C12H13ClN2O3/c1-2-14-11(16)6-15-9-4-3-8(13)5-10(9)18-7-12(15)17/h3-5H,2,6-7H2,1H3,(H,14,16). The normalized spacial score (nSPS) is 13.9. The molecule has 6 heteroatoms. The van der Waals surface area contributed by atoms with Crippen molar-refractivity contribution >= 4 is 29.1 Å². The van der Waals surface area contributed by atoms with Gasteiger partial charge in [-0.15, -0.1) is 0 Å². The average Bonchev–Trinajstić information content (AvgIpc) is 2.33. The van der Waals surface area contributed by atoms with E-state index in [4.69, 9.17) is 16.3 Å². The molecule has 0 radical (unpaired) electrons. The quantitative estimate of drug-likeness (QED) is 0.896. The number of carbonyl (C=O) groups excluding carboxylic acids is 2. The van der Waals surface area contributed by atoms with Crippen LogP contribution in [0.25, 0.3) is 0 Å². The number of fused-ring (bicyclic) bond motifs is 1. The molecule has 1 aromatic carbocycles.